The van der Waals surface area contributed by atoms with E-state index in [2.05, 4.69) is 16.7 Å². The van der Waals surface area contributed by atoms with Crippen LogP contribution in [-0.4, -0.2) is 47.8 Å². The first-order valence-corrected chi connectivity index (χ1v) is 10.7. The molecule has 1 aromatic rings. The molecule has 3 rings (SSSR count). The highest BCUT2D eigenvalue weighted by Crippen LogP contribution is 2.28. The van der Waals surface area contributed by atoms with E-state index in [0.717, 1.165) is 25.7 Å². The van der Waals surface area contributed by atoms with Gasteiger partial charge in [0.1, 0.15) is 6.04 Å². The number of carbonyl (C=O) groups excluding carboxylic acids is 3. The number of hydrogen-bond acceptors (Lipinski definition) is 4. The number of nitrogens with one attached hydrogen (secondary N) is 2. The molecule has 7 nitrogen and oxygen atoms in total. The number of nitriles is 1. The normalized spacial score (nSPS) is 18.9. The van der Waals surface area contributed by atoms with Gasteiger partial charge in [0.25, 0.3) is 0 Å². The van der Waals surface area contributed by atoms with E-state index in [1.807, 2.05) is 50.2 Å². The molecule has 30 heavy (non-hydrogen) atoms. The highest BCUT2D eigenvalue weighted by atomic mass is 16.2. The van der Waals surface area contributed by atoms with Gasteiger partial charge in [0.05, 0.1) is 12.6 Å². The predicted octanol–water partition coefficient (Wildman–Crippen LogP) is 2.24. The molecule has 3 amide bonds. The summed E-state index contributed by atoms with van der Waals surface area (Å²) in [6, 6.07) is 13.3. The van der Waals surface area contributed by atoms with E-state index in [9.17, 15) is 19.6 Å². The first-order chi connectivity index (χ1) is 14.4. The second kappa shape index (κ2) is 12.0. The molecule has 2 aliphatic rings. The van der Waals surface area contributed by atoms with Crippen molar-refractivity contribution < 1.29 is 14.4 Å². The minimum atomic E-state index is -0.663. The van der Waals surface area contributed by atoms with Crippen LogP contribution in [-0.2, 0) is 14.4 Å². The minimum absolute atomic E-state index is 0.0420. The lowest BCUT2D eigenvalue weighted by Gasteiger charge is -2.33. The highest BCUT2D eigenvalue weighted by molar-refractivity contribution is 5.87. The van der Waals surface area contributed by atoms with Gasteiger partial charge in [-0.15, -0.1) is 0 Å². The Bertz CT molecular complexity index is 714. The van der Waals surface area contributed by atoms with E-state index in [0.29, 0.717) is 13.0 Å². The fourth-order valence-corrected chi connectivity index (χ4v) is 3.51. The molecule has 0 spiro atoms. The number of piperidine rings is 1. The smallest absolute Gasteiger partial charge is 0.243 e. The summed E-state index contributed by atoms with van der Waals surface area (Å²) in [6.45, 7) is 4.26. The van der Waals surface area contributed by atoms with Gasteiger partial charge in [0, 0.05) is 24.4 Å². The van der Waals surface area contributed by atoms with Gasteiger partial charge in [-0.3, -0.25) is 14.4 Å². The molecule has 0 bridgehead atoms. The average molecular weight is 413 g/mol. The molecule has 2 fully saturated rings. The van der Waals surface area contributed by atoms with Crippen molar-refractivity contribution in [2.45, 2.75) is 58.0 Å². The van der Waals surface area contributed by atoms with Gasteiger partial charge in [-0.05, 0) is 46.0 Å². The van der Waals surface area contributed by atoms with E-state index in [1.165, 1.54) is 4.90 Å². The zero-order valence-electron chi connectivity index (χ0n) is 17.8. The Kier molecular flexibility index (Phi) is 9.33. The summed E-state index contributed by atoms with van der Waals surface area (Å²) in [5.41, 5.74) is 0. The van der Waals surface area contributed by atoms with Crippen LogP contribution in [0, 0.1) is 23.2 Å². The Balaban J connectivity index is 0.000000456. The molecule has 2 atom stereocenters. The molecule has 0 radical (unpaired) electrons. The van der Waals surface area contributed by atoms with E-state index >= 15 is 0 Å². The van der Waals surface area contributed by atoms with Crippen LogP contribution in [0.5, 0.6) is 0 Å². The maximum Gasteiger partial charge on any atom is 0.243 e. The zero-order valence-corrected chi connectivity index (χ0v) is 17.8. The van der Waals surface area contributed by atoms with Crippen molar-refractivity contribution in [3.8, 4) is 6.07 Å². The van der Waals surface area contributed by atoms with Gasteiger partial charge in [0.15, 0.2) is 0 Å². The van der Waals surface area contributed by atoms with Gasteiger partial charge in [-0.2, -0.15) is 5.26 Å². The van der Waals surface area contributed by atoms with Gasteiger partial charge in [-0.25, -0.2) is 0 Å². The van der Waals surface area contributed by atoms with Crippen LogP contribution >= 0.6 is 0 Å². The average Bonchev–Trinajstić information content (AvgIpc) is 3.60. The fraction of sp³-hybridized carbons (Fsp3) is 0.565. The molecule has 1 aliphatic heterocycles. The number of nitrogens with zero attached hydrogens (tertiary/aromatic N) is 2. The summed E-state index contributed by atoms with van der Waals surface area (Å²) in [6.07, 6.45) is 3.73. The summed E-state index contributed by atoms with van der Waals surface area (Å²) in [5, 5.41) is 15.0. The molecule has 2 N–H and O–H groups in total. The van der Waals surface area contributed by atoms with Crippen molar-refractivity contribution in [3.05, 3.63) is 36.4 Å². The second-order valence-corrected chi connectivity index (χ2v) is 8.05. The van der Waals surface area contributed by atoms with Crippen molar-refractivity contribution in [2.24, 2.45) is 11.8 Å². The van der Waals surface area contributed by atoms with Crippen molar-refractivity contribution in [3.63, 3.8) is 0 Å². The number of rotatable bonds is 7. The summed E-state index contributed by atoms with van der Waals surface area (Å²) < 4.78 is 0. The molecule has 1 saturated heterocycles. The van der Waals surface area contributed by atoms with Gasteiger partial charge in [0.2, 0.25) is 17.7 Å². The highest BCUT2D eigenvalue weighted by Gasteiger charge is 2.33. The van der Waals surface area contributed by atoms with Crippen LogP contribution < -0.4 is 10.6 Å². The largest absolute Gasteiger partial charge is 0.356 e. The lowest BCUT2D eigenvalue weighted by Crippen LogP contribution is -2.50. The Morgan fingerprint density at radius 3 is 2.23 bits per heavy atom. The summed E-state index contributed by atoms with van der Waals surface area (Å²) in [7, 11) is 0. The number of carbonyl (C=O) groups is 3. The maximum absolute atomic E-state index is 12.5. The van der Waals surface area contributed by atoms with Crippen LogP contribution in [0.25, 0.3) is 0 Å². The van der Waals surface area contributed by atoms with Crippen molar-refractivity contribution in [2.75, 3.05) is 13.1 Å². The number of hydrogen-bond donors (Lipinski definition) is 2. The molecule has 162 valence electrons. The Hall–Kier alpha value is -2.88. The third-order valence-corrected chi connectivity index (χ3v) is 5.26. The minimum Gasteiger partial charge on any atom is -0.356 e. The molecular formula is C23H32N4O3. The molecule has 7 heteroatoms. The van der Waals surface area contributed by atoms with E-state index in [-0.39, 0.29) is 42.1 Å². The molecule has 0 aromatic heterocycles. The second-order valence-electron chi connectivity index (χ2n) is 8.05. The Morgan fingerprint density at radius 1 is 1.17 bits per heavy atom. The topological polar surface area (TPSA) is 102 Å². The molecule has 1 saturated carbocycles. The SMILES string of the molecule is CC(C)N(C(=O)CNC(=O)C1CC1)[C@H](C#N)C[C@@H]1CCCNC1=O.c1ccccc1. The predicted molar refractivity (Wildman–Crippen MR) is 114 cm³/mol. The summed E-state index contributed by atoms with van der Waals surface area (Å²) in [4.78, 5) is 37.6. The van der Waals surface area contributed by atoms with Crippen molar-refractivity contribution in [1.82, 2.24) is 15.5 Å². The first kappa shape index (κ1) is 23.4. The van der Waals surface area contributed by atoms with Crippen molar-refractivity contribution >= 4 is 17.7 Å². The standard InChI is InChI=1S/C17H26N4O3.C6H6/c1-11(2)21(15(22)10-20-16(23)12-5-6-12)14(9-18)8-13-4-3-7-19-17(13)24;1-2-4-6-5-3-1/h11-14H,3-8,10H2,1-2H3,(H,19,24)(H,20,23);1-6H/t13-,14-;/m0./s1. The van der Waals surface area contributed by atoms with Gasteiger partial charge in [-0.1, -0.05) is 36.4 Å². The molecule has 1 heterocycles. The van der Waals surface area contributed by atoms with E-state index in [1.54, 1.807) is 0 Å². The van der Waals surface area contributed by atoms with E-state index < -0.39 is 6.04 Å². The monoisotopic (exact) mass is 412 g/mol. The van der Waals surface area contributed by atoms with E-state index in [4.69, 9.17) is 0 Å². The van der Waals surface area contributed by atoms with Crippen LogP contribution in [0.15, 0.2) is 36.4 Å². The molecule has 1 aromatic carbocycles. The van der Waals surface area contributed by atoms with Gasteiger partial charge >= 0.3 is 0 Å². The number of benzene rings is 1. The fourth-order valence-electron chi connectivity index (χ4n) is 3.51. The molecule has 0 unspecified atom stereocenters. The Labute approximate surface area is 178 Å². The summed E-state index contributed by atoms with van der Waals surface area (Å²) in [5.74, 6) is -0.602. The lowest BCUT2D eigenvalue weighted by molar-refractivity contribution is -0.137. The number of amides is 3. The molecule has 1 aliphatic carbocycles. The third kappa shape index (κ3) is 7.51. The summed E-state index contributed by atoms with van der Waals surface area (Å²) >= 11 is 0. The van der Waals surface area contributed by atoms with Crippen LogP contribution in [0.2, 0.25) is 0 Å². The lowest BCUT2D eigenvalue weighted by atomic mass is 9.91. The maximum atomic E-state index is 12.5. The quantitative estimate of drug-likeness (QED) is 0.717. The van der Waals surface area contributed by atoms with Crippen LogP contribution in [0.4, 0.5) is 0 Å². The zero-order chi connectivity index (χ0) is 21.9. The van der Waals surface area contributed by atoms with Gasteiger partial charge < -0.3 is 15.5 Å². The van der Waals surface area contributed by atoms with Crippen LogP contribution in [0.1, 0.15) is 46.0 Å². The van der Waals surface area contributed by atoms with Crippen LogP contribution in [0.3, 0.4) is 0 Å². The first-order valence-electron chi connectivity index (χ1n) is 10.7. The third-order valence-electron chi connectivity index (χ3n) is 5.26. The Morgan fingerprint density at radius 2 is 1.77 bits per heavy atom. The van der Waals surface area contributed by atoms with Crippen molar-refractivity contribution in [1.29, 1.82) is 5.26 Å². The molecular weight excluding hydrogens is 380 g/mol.